The molecular formula is C14H29N3O2S. The van der Waals surface area contributed by atoms with E-state index in [2.05, 4.69) is 16.8 Å². The van der Waals surface area contributed by atoms with Gasteiger partial charge in [-0.25, -0.2) is 12.7 Å². The van der Waals surface area contributed by atoms with Crippen LogP contribution in [0.5, 0.6) is 0 Å². The predicted octanol–water partition coefficient (Wildman–Crippen LogP) is 0.686. The number of piperazine rings is 1. The average molecular weight is 303 g/mol. The van der Waals surface area contributed by atoms with Gasteiger partial charge in [0.05, 0.1) is 5.75 Å². The smallest absolute Gasteiger partial charge is 0.214 e. The van der Waals surface area contributed by atoms with Crippen LogP contribution in [0.2, 0.25) is 0 Å². The van der Waals surface area contributed by atoms with Crippen molar-refractivity contribution in [2.75, 3.05) is 58.6 Å². The molecule has 0 bridgehead atoms. The summed E-state index contributed by atoms with van der Waals surface area (Å²) >= 11 is 0. The monoisotopic (exact) mass is 303 g/mol. The first-order valence-corrected chi connectivity index (χ1v) is 9.51. The van der Waals surface area contributed by atoms with Gasteiger partial charge < -0.3 is 9.80 Å². The highest BCUT2D eigenvalue weighted by molar-refractivity contribution is 7.89. The standard InChI is InChI=1S/C14H29N3O2S/c1-3-11-20(18,19)17-6-4-5-14(13-17)12-16-9-7-15(2)8-10-16/h14H,3-13H2,1-2H3. The Morgan fingerprint density at radius 1 is 1.10 bits per heavy atom. The van der Waals surface area contributed by atoms with Crippen LogP contribution in [0.15, 0.2) is 0 Å². The molecule has 2 saturated heterocycles. The molecule has 2 aliphatic rings. The lowest BCUT2D eigenvalue weighted by Crippen LogP contribution is -2.49. The second-order valence-electron chi connectivity index (χ2n) is 6.29. The lowest BCUT2D eigenvalue weighted by Gasteiger charge is -2.38. The molecule has 6 heteroatoms. The van der Waals surface area contributed by atoms with Crippen LogP contribution in [0.25, 0.3) is 0 Å². The van der Waals surface area contributed by atoms with E-state index < -0.39 is 10.0 Å². The average Bonchev–Trinajstić information content (AvgIpc) is 2.42. The van der Waals surface area contributed by atoms with E-state index in [1.54, 1.807) is 4.31 Å². The molecule has 0 spiro atoms. The summed E-state index contributed by atoms with van der Waals surface area (Å²) in [4.78, 5) is 4.86. The highest BCUT2D eigenvalue weighted by Gasteiger charge is 2.29. The lowest BCUT2D eigenvalue weighted by molar-refractivity contribution is 0.118. The summed E-state index contributed by atoms with van der Waals surface area (Å²) in [7, 11) is -0.846. The van der Waals surface area contributed by atoms with E-state index in [0.717, 1.165) is 52.2 Å². The third-order valence-electron chi connectivity index (χ3n) is 4.45. The summed E-state index contributed by atoms with van der Waals surface area (Å²) in [5.41, 5.74) is 0. The van der Waals surface area contributed by atoms with Crippen molar-refractivity contribution in [1.29, 1.82) is 0 Å². The summed E-state index contributed by atoms with van der Waals surface area (Å²) in [5, 5.41) is 0. The van der Waals surface area contributed by atoms with Gasteiger partial charge in [0.2, 0.25) is 10.0 Å². The van der Waals surface area contributed by atoms with E-state index in [9.17, 15) is 8.42 Å². The predicted molar refractivity (Wildman–Crippen MR) is 82.3 cm³/mol. The summed E-state index contributed by atoms with van der Waals surface area (Å²) in [5.74, 6) is 0.813. The number of hydrogen-bond acceptors (Lipinski definition) is 4. The summed E-state index contributed by atoms with van der Waals surface area (Å²) < 4.78 is 26.1. The number of piperidine rings is 1. The van der Waals surface area contributed by atoms with Crippen LogP contribution in [0.3, 0.4) is 0 Å². The van der Waals surface area contributed by atoms with E-state index in [1.807, 2.05) is 6.92 Å². The highest BCUT2D eigenvalue weighted by atomic mass is 32.2. The first-order chi connectivity index (χ1) is 9.51. The van der Waals surface area contributed by atoms with Crippen molar-refractivity contribution >= 4 is 10.0 Å². The SMILES string of the molecule is CCCS(=O)(=O)N1CCCC(CN2CCN(C)CC2)C1. The van der Waals surface area contributed by atoms with Crippen molar-refractivity contribution in [1.82, 2.24) is 14.1 Å². The van der Waals surface area contributed by atoms with Crippen LogP contribution < -0.4 is 0 Å². The second kappa shape index (κ2) is 7.20. The van der Waals surface area contributed by atoms with Crippen LogP contribution in [-0.4, -0.2) is 81.1 Å². The third kappa shape index (κ3) is 4.41. The first-order valence-electron chi connectivity index (χ1n) is 7.90. The summed E-state index contributed by atoms with van der Waals surface area (Å²) in [6.07, 6.45) is 2.90. The number of rotatable bonds is 5. The first kappa shape index (κ1) is 16.2. The number of nitrogens with zero attached hydrogens (tertiary/aromatic N) is 3. The number of hydrogen-bond donors (Lipinski definition) is 0. The minimum Gasteiger partial charge on any atom is -0.304 e. The molecule has 0 aromatic rings. The normalized spacial score (nSPS) is 27.8. The Morgan fingerprint density at radius 3 is 2.45 bits per heavy atom. The highest BCUT2D eigenvalue weighted by Crippen LogP contribution is 2.21. The maximum absolute atomic E-state index is 12.2. The molecule has 20 heavy (non-hydrogen) atoms. The quantitative estimate of drug-likeness (QED) is 0.749. The Labute approximate surface area is 124 Å². The van der Waals surface area contributed by atoms with Crippen LogP contribution in [0, 0.1) is 5.92 Å². The molecule has 0 aliphatic carbocycles. The van der Waals surface area contributed by atoms with E-state index in [0.29, 0.717) is 18.1 Å². The Morgan fingerprint density at radius 2 is 1.80 bits per heavy atom. The maximum Gasteiger partial charge on any atom is 0.214 e. The molecule has 2 heterocycles. The van der Waals surface area contributed by atoms with E-state index in [4.69, 9.17) is 0 Å². The van der Waals surface area contributed by atoms with E-state index in [1.165, 1.54) is 6.42 Å². The van der Waals surface area contributed by atoms with Crippen molar-refractivity contribution in [3.8, 4) is 0 Å². The van der Waals surface area contributed by atoms with Gasteiger partial charge in [-0.2, -0.15) is 0 Å². The Hall–Kier alpha value is -0.170. The maximum atomic E-state index is 12.2. The minimum absolute atomic E-state index is 0.300. The van der Waals surface area contributed by atoms with Crippen molar-refractivity contribution < 1.29 is 8.42 Å². The van der Waals surface area contributed by atoms with Gasteiger partial charge >= 0.3 is 0 Å². The Bertz CT molecular complexity index is 391. The van der Waals surface area contributed by atoms with Gasteiger partial charge in [-0.1, -0.05) is 6.92 Å². The van der Waals surface area contributed by atoms with Gasteiger partial charge in [-0.3, -0.25) is 0 Å². The Kier molecular flexibility index (Phi) is 5.84. The molecule has 0 aromatic heterocycles. The van der Waals surface area contributed by atoms with E-state index >= 15 is 0 Å². The molecule has 0 amide bonds. The van der Waals surface area contributed by atoms with Crippen molar-refractivity contribution in [3.05, 3.63) is 0 Å². The summed E-state index contributed by atoms with van der Waals surface area (Å²) in [6, 6.07) is 0. The zero-order valence-corrected chi connectivity index (χ0v) is 13.7. The van der Waals surface area contributed by atoms with Crippen LogP contribution in [0.1, 0.15) is 26.2 Å². The summed E-state index contributed by atoms with van der Waals surface area (Å²) in [6.45, 7) is 8.95. The second-order valence-corrected chi connectivity index (χ2v) is 8.37. The van der Waals surface area contributed by atoms with Gasteiger partial charge in [-0.15, -0.1) is 0 Å². The van der Waals surface area contributed by atoms with Gasteiger partial charge in [-0.05, 0) is 32.2 Å². The molecule has 2 fully saturated rings. The zero-order chi connectivity index (χ0) is 14.6. The molecule has 0 radical (unpaired) electrons. The van der Waals surface area contributed by atoms with E-state index in [-0.39, 0.29) is 0 Å². The molecule has 118 valence electrons. The topological polar surface area (TPSA) is 43.9 Å². The van der Waals surface area contributed by atoms with Crippen molar-refractivity contribution in [2.45, 2.75) is 26.2 Å². The third-order valence-corrected chi connectivity index (χ3v) is 6.49. The molecule has 5 nitrogen and oxygen atoms in total. The van der Waals surface area contributed by atoms with Gasteiger partial charge in [0.25, 0.3) is 0 Å². The molecule has 0 saturated carbocycles. The van der Waals surface area contributed by atoms with Gasteiger partial charge in [0.1, 0.15) is 0 Å². The fraction of sp³-hybridized carbons (Fsp3) is 1.00. The van der Waals surface area contributed by atoms with Gasteiger partial charge in [0.15, 0.2) is 0 Å². The molecule has 0 aromatic carbocycles. The minimum atomic E-state index is -3.01. The van der Waals surface area contributed by atoms with Gasteiger partial charge in [0, 0.05) is 45.8 Å². The number of sulfonamides is 1. The fourth-order valence-corrected chi connectivity index (χ4v) is 4.83. The largest absolute Gasteiger partial charge is 0.304 e. The Balaban J connectivity index is 1.84. The van der Waals surface area contributed by atoms with Crippen molar-refractivity contribution in [2.24, 2.45) is 5.92 Å². The molecule has 1 atom stereocenters. The lowest BCUT2D eigenvalue weighted by atomic mass is 9.99. The van der Waals surface area contributed by atoms with Crippen LogP contribution in [-0.2, 0) is 10.0 Å². The molecular weight excluding hydrogens is 274 g/mol. The van der Waals surface area contributed by atoms with Crippen molar-refractivity contribution in [3.63, 3.8) is 0 Å². The van der Waals surface area contributed by atoms with Crippen LogP contribution >= 0.6 is 0 Å². The molecule has 2 rings (SSSR count). The molecule has 0 N–H and O–H groups in total. The fourth-order valence-electron chi connectivity index (χ4n) is 3.21. The zero-order valence-electron chi connectivity index (χ0n) is 12.9. The number of likely N-dealkylation sites (N-methyl/N-ethyl adjacent to an activating group) is 1. The molecule has 1 unspecified atom stereocenters. The van der Waals surface area contributed by atoms with Crippen LogP contribution in [0.4, 0.5) is 0 Å². The molecule has 2 aliphatic heterocycles.